The Labute approximate surface area is 187 Å². The molecule has 4 heterocycles. The molecule has 0 radical (unpaired) electrons. The highest BCUT2D eigenvalue weighted by Gasteiger charge is 2.71. The van der Waals surface area contributed by atoms with Crippen molar-refractivity contribution >= 4 is 29.5 Å². The Balaban J connectivity index is 1.76. The molecule has 0 bridgehead atoms. The Bertz CT molecular complexity index is 799. The zero-order valence-electron chi connectivity index (χ0n) is 18.2. The maximum Gasteiger partial charge on any atom is 0.311 e. The van der Waals surface area contributed by atoms with E-state index in [0.29, 0.717) is 25.9 Å². The predicted molar refractivity (Wildman–Crippen MR) is 118 cm³/mol. The number of nitrogens with zero attached hydrogens (tertiary/aromatic N) is 2. The molecule has 8 heteroatoms. The van der Waals surface area contributed by atoms with E-state index in [1.165, 1.54) is 0 Å². The molecule has 7 nitrogen and oxygen atoms in total. The number of fused-ring (bicyclic) bond motifs is 2. The minimum atomic E-state index is -0.774. The maximum atomic E-state index is 13.9. The van der Waals surface area contributed by atoms with E-state index in [-0.39, 0.29) is 42.3 Å². The van der Waals surface area contributed by atoms with Gasteiger partial charge in [0.2, 0.25) is 11.8 Å². The van der Waals surface area contributed by atoms with Crippen LogP contribution in [-0.2, 0) is 19.1 Å². The molecule has 2 saturated heterocycles. The van der Waals surface area contributed by atoms with Gasteiger partial charge in [-0.3, -0.25) is 14.4 Å². The molecular weight excluding hydrogens is 416 g/mol. The minimum absolute atomic E-state index is 0.0351. The molecule has 1 spiro atoms. The Morgan fingerprint density at radius 2 is 2.06 bits per heavy atom. The van der Waals surface area contributed by atoms with Crippen molar-refractivity contribution in [2.75, 3.05) is 26.3 Å². The lowest BCUT2D eigenvalue weighted by Crippen LogP contribution is -2.55. The quantitative estimate of drug-likeness (QED) is 0.363. The third-order valence-corrected chi connectivity index (χ3v) is 8.73. The fourth-order valence-electron chi connectivity index (χ4n) is 5.59. The van der Waals surface area contributed by atoms with Crippen LogP contribution in [0.3, 0.4) is 0 Å². The molecule has 2 unspecified atom stereocenters. The highest BCUT2D eigenvalue weighted by molar-refractivity contribution is 8.02. The monoisotopic (exact) mass is 448 g/mol. The first-order valence-electron chi connectivity index (χ1n) is 11.4. The summed E-state index contributed by atoms with van der Waals surface area (Å²) in [4.78, 5) is 44.1. The van der Waals surface area contributed by atoms with Crippen LogP contribution in [0.25, 0.3) is 0 Å². The number of likely N-dealkylation sites (tertiary alicyclic amines) is 1. The van der Waals surface area contributed by atoms with Gasteiger partial charge in [0, 0.05) is 31.0 Å². The van der Waals surface area contributed by atoms with E-state index in [2.05, 4.69) is 13.8 Å². The van der Waals surface area contributed by atoms with Gasteiger partial charge in [-0.15, -0.1) is 11.8 Å². The van der Waals surface area contributed by atoms with Gasteiger partial charge in [0.1, 0.15) is 12.6 Å². The molecule has 1 N–H and O–H groups in total. The third-order valence-electron chi connectivity index (χ3n) is 6.99. The molecule has 170 valence electrons. The van der Waals surface area contributed by atoms with Crippen molar-refractivity contribution < 1.29 is 24.2 Å². The summed E-state index contributed by atoms with van der Waals surface area (Å²) in [5.41, 5.74) is 0. The minimum Gasteiger partial charge on any atom is -0.461 e. The zero-order valence-corrected chi connectivity index (χ0v) is 19.1. The van der Waals surface area contributed by atoms with Crippen molar-refractivity contribution in [1.82, 2.24) is 9.80 Å². The highest BCUT2D eigenvalue weighted by atomic mass is 32.2. The Morgan fingerprint density at radius 1 is 1.26 bits per heavy atom. The summed E-state index contributed by atoms with van der Waals surface area (Å²) in [6.07, 6.45) is 10.9. The first kappa shape index (κ1) is 22.4. The Hall–Kier alpha value is -1.80. The lowest BCUT2D eigenvalue weighted by atomic mass is 9.78. The topological polar surface area (TPSA) is 87.2 Å². The van der Waals surface area contributed by atoms with Crippen LogP contribution >= 0.6 is 11.8 Å². The number of thioether (sulfide) groups is 1. The SMILES string of the molecule is CCCC(C)N1CC=C[C@]23S[C@@H]4C=CCOC(=O)[C@@H]4[C@H]2C(=O)N(CCCCO)C3C1=O. The molecule has 0 aromatic rings. The van der Waals surface area contributed by atoms with Crippen molar-refractivity contribution in [3.63, 3.8) is 0 Å². The molecule has 4 aliphatic rings. The summed E-state index contributed by atoms with van der Waals surface area (Å²) in [5, 5.41) is 9.05. The number of rotatable bonds is 7. The second-order valence-electron chi connectivity index (χ2n) is 8.89. The third kappa shape index (κ3) is 3.61. The number of esters is 1. The van der Waals surface area contributed by atoms with E-state index in [4.69, 9.17) is 4.74 Å². The molecule has 4 aliphatic heterocycles. The van der Waals surface area contributed by atoms with Crippen LogP contribution in [-0.4, -0.2) is 81.1 Å². The van der Waals surface area contributed by atoms with Crippen LogP contribution in [0, 0.1) is 11.8 Å². The Kier molecular flexibility index (Phi) is 6.49. The number of unbranched alkanes of at least 4 members (excludes halogenated alkanes) is 1. The maximum absolute atomic E-state index is 13.9. The molecule has 0 aromatic carbocycles. The first-order valence-corrected chi connectivity index (χ1v) is 12.2. The van der Waals surface area contributed by atoms with Crippen LogP contribution in [0.1, 0.15) is 39.5 Å². The molecule has 6 atom stereocenters. The second kappa shape index (κ2) is 8.98. The van der Waals surface area contributed by atoms with Crippen LogP contribution in [0.4, 0.5) is 0 Å². The number of aliphatic hydroxyl groups excluding tert-OH is 1. The van der Waals surface area contributed by atoms with Gasteiger partial charge >= 0.3 is 5.97 Å². The van der Waals surface area contributed by atoms with Gasteiger partial charge in [-0.05, 0) is 26.2 Å². The van der Waals surface area contributed by atoms with E-state index >= 15 is 0 Å². The summed E-state index contributed by atoms with van der Waals surface area (Å²) in [6, 6.07) is -0.563. The largest absolute Gasteiger partial charge is 0.461 e. The van der Waals surface area contributed by atoms with E-state index in [1.54, 1.807) is 16.7 Å². The molecule has 2 amide bonds. The number of ether oxygens (including phenoxy) is 1. The van der Waals surface area contributed by atoms with Crippen molar-refractivity contribution in [2.45, 2.75) is 61.6 Å². The van der Waals surface area contributed by atoms with Crippen LogP contribution < -0.4 is 0 Å². The number of amides is 2. The van der Waals surface area contributed by atoms with E-state index in [9.17, 15) is 19.5 Å². The molecule has 4 rings (SSSR count). The normalized spacial score (nSPS) is 35.4. The van der Waals surface area contributed by atoms with Gasteiger partial charge < -0.3 is 19.6 Å². The van der Waals surface area contributed by atoms with Gasteiger partial charge in [-0.1, -0.05) is 37.6 Å². The molecule has 0 saturated carbocycles. The van der Waals surface area contributed by atoms with Crippen molar-refractivity contribution in [2.24, 2.45) is 11.8 Å². The number of cyclic esters (lactones) is 1. The number of hydrogen-bond acceptors (Lipinski definition) is 6. The van der Waals surface area contributed by atoms with Gasteiger partial charge in [0.15, 0.2) is 0 Å². The average molecular weight is 449 g/mol. The van der Waals surface area contributed by atoms with E-state index in [1.807, 2.05) is 29.2 Å². The second-order valence-corrected chi connectivity index (χ2v) is 10.4. The van der Waals surface area contributed by atoms with Gasteiger partial charge in [-0.2, -0.15) is 0 Å². The average Bonchev–Trinajstić information content (AvgIpc) is 3.03. The number of carbonyl (C=O) groups is 3. The summed E-state index contributed by atoms with van der Waals surface area (Å²) in [6.45, 7) is 5.35. The number of aliphatic hydroxyl groups is 1. The van der Waals surface area contributed by atoms with Gasteiger partial charge in [0.05, 0.1) is 16.6 Å². The van der Waals surface area contributed by atoms with Crippen molar-refractivity contribution in [3.8, 4) is 0 Å². The Morgan fingerprint density at radius 3 is 2.81 bits per heavy atom. The number of hydrogen-bond donors (Lipinski definition) is 1. The van der Waals surface area contributed by atoms with Crippen molar-refractivity contribution in [3.05, 3.63) is 24.3 Å². The molecule has 0 aromatic heterocycles. The van der Waals surface area contributed by atoms with Gasteiger partial charge in [0.25, 0.3) is 0 Å². The molecular formula is C23H32N2O5S. The lowest BCUT2D eigenvalue weighted by molar-refractivity contribution is -0.151. The van der Waals surface area contributed by atoms with Gasteiger partial charge in [-0.25, -0.2) is 0 Å². The van der Waals surface area contributed by atoms with Crippen LogP contribution in [0.15, 0.2) is 24.3 Å². The summed E-state index contributed by atoms with van der Waals surface area (Å²) in [7, 11) is 0. The van der Waals surface area contributed by atoms with E-state index in [0.717, 1.165) is 12.8 Å². The fourth-order valence-corrected chi connectivity index (χ4v) is 7.59. The molecule has 31 heavy (non-hydrogen) atoms. The first-order chi connectivity index (χ1) is 15.0. The van der Waals surface area contributed by atoms with Crippen LogP contribution in [0.5, 0.6) is 0 Å². The van der Waals surface area contributed by atoms with E-state index < -0.39 is 22.6 Å². The standard InChI is InChI=1S/C23H32N2O5S/c1-3-8-15(2)24-12-7-10-23-18(17-16(31-23)9-6-14-30-22(17)29)20(27)25(11-4-5-13-26)19(23)21(24)28/h6-7,9-10,15-19,26H,3-5,8,11-14H2,1-2H3/t15?,16-,17+,18+,19?,23+/m1/s1. The molecule has 2 fully saturated rings. The highest BCUT2D eigenvalue weighted by Crippen LogP contribution is 2.60. The lowest BCUT2D eigenvalue weighted by Gasteiger charge is -2.37. The fraction of sp³-hybridized carbons (Fsp3) is 0.696. The number of carbonyl (C=O) groups excluding carboxylic acids is 3. The smallest absolute Gasteiger partial charge is 0.311 e. The predicted octanol–water partition coefficient (Wildman–Crippen LogP) is 1.76. The molecule has 0 aliphatic carbocycles. The summed E-state index contributed by atoms with van der Waals surface area (Å²) in [5.74, 6) is -1.72. The summed E-state index contributed by atoms with van der Waals surface area (Å²) < 4.78 is 4.60. The summed E-state index contributed by atoms with van der Waals surface area (Å²) >= 11 is 1.57. The van der Waals surface area contributed by atoms with Crippen LogP contribution in [0.2, 0.25) is 0 Å². The van der Waals surface area contributed by atoms with Crippen molar-refractivity contribution in [1.29, 1.82) is 0 Å². The zero-order chi connectivity index (χ0) is 22.2.